The van der Waals surface area contributed by atoms with Gasteiger partial charge in [0.15, 0.2) is 4.67 Å². The van der Waals surface area contributed by atoms with Crippen LogP contribution in [0.3, 0.4) is 0 Å². The van der Waals surface area contributed by atoms with E-state index in [1.807, 2.05) is 24.3 Å². The lowest BCUT2D eigenvalue weighted by Crippen LogP contribution is -2.42. The van der Waals surface area contributed by atoms with Gasteiger partial charge in [-0.2, -0.15) is 4.98 Å². The third kappa shape index (κ3) is 5.29. The fraction of sp³-hybridized carbons (Fsp3) is 0.304. The van der Waals surface area contributed by atoms with E-state index in [9.17, 15) is 13.2 Å². The number of halogens is 1. The summed E-state index contributed by atoms with van der Waals surface area (Å²) in [5, 5.41) is 4.06. The number of nitrogens with one attached hydrogen (secondary N) is 1. The van der Waals surface area contributed by atoms with Crippen LogP contribution in [0.4, 0.5) is 5.95 Å². The van der Waals surface area contributed by atoms with Crippen molar-refractivity contribution in [3.05, 3.63) is 69.4 Å². The molecule has 1 aliphatic heterocycles. The number of nitrogens with zero attached hydrogens (tertiary/aromatic N) is 5. The molecule has 1 aliphatic rings. The van der Waals surface area contributed by atoms with E-state index in [0.29, 0.717) is 54.6 Å². The minimum Gasteiger partial charge on any atom is -0.429 e. The molecule has 0 amide bonds. The maximum atomic E-state index is 12.7. The molecule has 12 heteroatoms. The summed E-state index contributed by atoms with van der Waals surface area (Å²) in [6.45, 7) is 1.25. The lowest BCUT2D eigenvalue weighted by atomic mass is 10.1. The van der Waals surface area contributed by atoms with E-state index in [1.165, 1.54) is 16.6 Å². The molecule has 0 atom stereocenters. The summed E-state index contributed by atoms with van der Waals surface area (Å²) in [5.74, 6) is 0.927. The molecule has 3 aromatic heterocycles. The number of piperidine rings is 1. The van der Waals surface area contributed by atoms with Gasteiger partial charge in [-0.1, -0.05) is 12.1 Å². The van der Waals surface area contributed by atoms with Crippen molar-refractivity contribution in [1.82, 2.24) is 23.8 Å². The predicted molar refractivity (Wildman–Crippen MR) is 136 cm³/mol. The summed E-state index contributed by atoms with van der Waals surface area (Å²) in [7, 11) is -3.18. The Morgan fingerprint density at radius 2 is 1.83 bits per heavy atom. The molecule has 0 bridgehead atoms. The normalized spacial score (nSPS) is 15.5. The van der Waals surface area contributed by atoms with Gasteiger partial charge < -0.3 is 9.73 Å². The van der Waals surface area contributed by atoms with Crippen molar-refractivity contribution < 1.29 is 12.8 Å². The molecule has 4 aromatic rings. The SMILES string of the molecule is CS(=O)(=O)N1CCC(Nc2ncc3ccc(=O)n(Cc4ccc(-c5ncc(Br)o5)cc4)c3n2)CC1. The number of pyridine rings is 1. The first-order valence-corrected chi connectivity index (χ1v) is 13.7. The fourth-order valence-electron chi connectivity index (χ4n) is 4.13. The first-order valence-electron chi connectivity index (χ1n) is 11.1. The zero-order valence-electron chi connectivity index (χ0n) is 18.9. The van der Waals surface area contributed by atoms with Crippen LogP contribution in [-0.4, -0.2) is 57.6 Å². The van der Waals surface area contributed by atoms with Crippen molar-refractivity contribution in [2.45, 2.75) is 25.4 Å². The van der Waals surface area contributed by atoms with Gasteiger partial charge in [-0.3, -0.25) is 9.36 Å². The standard InChI is InChI=1S/C23H23BrN6O4S/c1-35(32,33)29-10-8-18(9-11-29)27-23-26-12-17-6-7-20(31)30(21(17)28-23)14-15-2-4-16(5-3-15)22-25-13-19(24)34-22/h2-7,12-13,18H,8-11,14H2,1H3,(H,26,27,28). The van der Waals surface area contributed by atoms with Gasteiger partial charge in [0.05, 0.1) is 19.0 Å². The Hall–Kier alpha value is -3.09. The minimum absolute atomic E-state index is 0.0529. The number of anilines is 1. The van der Waals surface area contributed by atoms with Gasteiger partial charge in [0.25, 0.3) is 5.56 Å². The smallest absolute Gasteiger partial charge is 0.252 e. The number of rotatable bonds is 6. The molecule has 0 radical (unpaired) electrons. The summed E-state index contributed by atoms with van der Waals surface area (Å²) >= 11 is 3.26. The average molecular weight is 559 g/mol. The van der Waals surface area contributed by atoms with Crippen LogP contribution in [0.25, 0.3) is 22.5 Å². The Balaban J connectivity index is 1.36. The van der Waals surface area contributed by atoms with E-state index in [0.717, 1.165) is 16.5 Å². The molecule has 0 aliphatic carbocycles. The summed E-state index contributed by atoms with van der Waals surface area (Å²) in [6.07, 6.45) is 5.83. The molecule has 1 N–H and O–H groups in total. The monoisotopic (exact) mass is 558 g/mol. The van der Waals surface area contributed by atoms with Crippen LogP contribution in [0.2, 0.25) is 0 Å². The number of benzene rings is 1. The Labute approximate surface area is 210 Å². The summed E-state index contributed by atoms with van der Waals surface area (Å²) < 4.78 is 32.6. The molecule has 1 saturated heterocycles. The Morgan fingerprint density at radius 3 is 2.49 bits per heavy atom. The average Bonchev–Trinajstić information content (AvgIpc) is 3.27. The van der Waals surface area contributed by atoms with Gasteiger partial charge in [0, 0.05) is 42.3 Å². The zero-order chi connectivity index (χ0) is 24.6. The lowest BCUT2D eigenvalue weighted by Gasteiger charge is -2.30. The van der Waals surface area contributed by atoms with Crippen LogP contribution in [0.1, 0.15) is 18.4 Å². The second kappa shape index (κ2) is 9.51. The fourth-order valence-corrected chi connectivity index (χ4v) is 5.26. The van der Waals surface area contributed by atoms with Crippen molar-refractivity contribution >= 4 is 42.9 Å². The molecule has 35 heavy (non-hydrogen) atoms. The van der Waals surface area contributed by atoms with E-state index in [1.54, 1.807) is 23.0 Å². The van der Waals surface area contributed by atoms with E-state index < -0.39 is 10.0 Å². The van der Waals surface area contributed by atoms with Crippen LogP contribution in [0.15, 0.2) is 62.7 Å². The highest BCUT2D eigenvalue weighted by Crippen LogP contribution is 2.23. The highest BCUT2D eigenvalue weighted by molar-refractivity contribution is 9.10. The highest BCUT2D eigenvalue weighted by atomic mass is 79.9. The lowest BCUT2D eigenvalue weighted by molar-refractivity contribution is 0.331. The molecule has 5 rings (SSSR count). The van der Waals surface area contributed by atoms with Gasteiger partial charge in [0.2, 0.25) is 21.9 Å². The van der Waals surface area contributed by atoms with Crippen LogP contribution in [0.5, 0.6) is 0 Å². The maximum absolute atomic E-state index is 12.7. The number of hydrogen-bond donors (Lipinski definition) is 1. The van der Waals surface area contributed by atoms with E-state index in [2.05, 4.69) is 36.2 Å². The largest absolute Gasteiger partial charge is 0.429 e. The van der Waals surface area contributed by atoms with E-state index in [-0.39, 0.29) is 11.6 Å². The van der Waals surface area contributed by atoms with Crippen LogP contribution < -0.4 is 10.9 Å². The van der Waals surface area contributed by atoms with E-state index in [4.69, 9.17) is 4.42 Å². The molecule has 0 saturated carbocycles. The van der Waals surface area contributed by atoms with Gasteiger partial charge in [0.1, 0.15) is 5.65 Å². The Kier molecular flexibility index (Phi) is 6.43. The summed E-state index contributed by atoms with van der Waals surface area (Å²) in [4.78, 5) is 26.0. The summed E-state index contributed by atoms with van der Waals surface area (Å²) in [5.41, 5.74) is 2.13. The van der Waals surface area contributed by atoms with Crippen LogP contribution >= 0.6 is 15.9 Å². The van der Waals surface area contributed by atoms with Crippen LogP contribution in [0, 0.1) is 0 Å². The predicted octanol–water partition coefficient (Wildman–Crippen LogP) is 3.09. The molecule has 0 unspecified atom stereocenters. The van der Waals surface area contributed by atoms with Crippen molar-refractivity contribution in [2.24, 2.45) is 0 Å². The molecular formula is C23H23BrN6O4S. The van der Waals surface area contributed by atoms with Crippen molar-refractivity contribution in [1.29, 1.82) is 0 Å². The Bertz CT molecular complexity index is 1530. The molecule has 182 valence electrons. The second-order valence-corrected chi connectivity index (χ2v) is 11.2. The number of aromatic nitrogens is 4. The van der Waals surface area contributed by atoms with Crippen molar-refractivity contribution in [2.75, 3.05) is 24.7 Å². The molecule has 1 fully saturated rings. The van der Waals surface area contributed by atoms with Gasteiger partial charge in [-0.25, -0.2) is 22.7 Å². The highest BCUT2D eigenvalue weighted by Gasteiger charge is 2.25. The molecule has 0 spiro atoms. The van der Waals surface area contributed by atoms with Crippen molar-refractivity contribution in [3.63, 3.8) is 0 Å². The summed E-state index contributed by atoms with van der Waals surface area (Å²) in [6, 6.07) is 10.9. The third-order valence-electron chi connectivity index (χ3n) is 6.00. The Morgan fingerprint density at radius 1 is 1.09 bits per heavy atom. The zero-order valence-corrected chi connectivity index (χ0v) is 21.3. The first kappa shape index (κ1) is 23.6. The number of fused-ring (bicyclic) bond motifs is 1. The van der Waals surface area contributed by atoms with Gasteiger partial charge in [-0.15, -0.1) is 0 Å². The van der Waals surface area contributed by atoms with E-state index >= 15 is 0 Å². The topological polar surface area (TPSA) is 123 Å². The number of sulfonamides is 1. The number of oxazole rings is 1. The minimum atomic E-state index is -3.18. The van der Waals surface area contributed by atoms with Crippen LogP contribution in [-0.2, 0) is 16.6 Å². The third-order valence-corrected chi connectivity index (χ3v) is 7.67. The number of hydrogen-bond acceptors (Lipinski definition) is 8. The maximum Gasteiger partial charge on any atom is 0.252 e. The van der Waals surface area contributed by atoms with Gasteiger partial charge in [-0.05, 0) is 52.5 Å². The molecule has 4 heterocycles. The first-order chi connectivity index (χ1) is 16.8. The van der Waals surface area contributed by atoms with Crippen molar-refractivity contribution in [3.8, 4) is 11.5 Å². The quantitative estimate of drug-likeness (QED) is 0.383. The molecule has 10 nitrogen and oxygen atoms in total. The molecule has 1 aromatic carbocycles. The second-order valence-electron chi connectivity index (χ2n) is 8.48. The van der Waals surface area contributed by atoms with Gasteiger partial charge >= 0.3 is 0 Å². The molecular weight excluding hydrogens is 536 g/mol.